The molecule has 1 rings (SSSR count). The van der Waals surface area contributed by atoms with E-state index in [0.29, 0.717) is 13.0 Å². The second-order valence-electron chi connectivity index (χ2n) is 6.53. The van der Waals surface area contributed by atoms with E-state index in [9.17, 15) is 14.9 Å². The summed E-state index contributed by atoms with van der Waals surface area (Å²) in [4.78, 5) is 25.5. The van der Waals surface area contributed by atoms with Crippen LogP contribution in [0.4, 0.5) is 0 Å². The van der Waals surface area contributed by atoms with Gasteiger partial charge in [-0.15, -0.1) is 0 Å². The first-order valence-electron chi connectivity index (χ1n) is 7.25. The lowest BCUT2D eigenvalue weighted by Gasteiger charge is -2.39. The number of amides is 2. The monoisotopic (exact) mass is 293 g/mol. The van der Waals surface area contributed by atoms with Gasteiger partial charge in [0.05, 0.1) is 12.5 Å². The molecule has 6 heteroatoms. The molecule has 1 atom stereocenters. The van der Waals surface area contributed by atoms with Crippen molar-refractivity contribution in [2.75, 3.05) is 13.1 Å². The molecule has 0 spiro atoms. The summed E-state index contributed by atoms with van der Waals surface area (Å²) in [5, 5.41) is 12.7. The molecule has 0 aromatic rings. The number of primary amides is 1. The second-order valence-corrected chi connectivity index (χ2v) is 6.53. The molecular weight excluding hydrogens is 268 g/mol. The van der Waals surface area contributed by atoms with Gasteiger partial charge in [-0.05, 0) is 33.2 Å². The van der Waals surface area contributed by atoms with Crippen molar-refractivity contribution in [1.82, 2.24) is 10.2 Å². The minimum atomic E-state index is -0.807. The van der Waals surface area contributed by atoms with Crippen LogP contribution < -0.4 is 11.1 Å². The number of nitrogens with zero attached hydrogens (tertiary/aromatic N) is 2. The molecular formula is C15H25N4O2. The fourth-order valence-corrected chi connectivity index (χ4v) is 2.53. The summed E-state index contributed by atoms with van der Waals surface area (Å²) in [5.74, 6) is -0.662. The summed E-state index contributed by atoms with van der Waals surface area (Å²) in [7, 11) is 0. The Bertz CT molecular complexity index is 445. The zero-order valence-electron chi connectivity index (χ0n) is 13.3. The maximum absolute atomic E-state index is 12.5. The molecule has 0 aromatic carbocycles. The topological polar surface area (TPSA) is 99.2 Å². The number of rotatable bonds is 6. The minimum Gasteiger partial charge on any atom is -0.369 e. The summed E-state index contributed by atoms with van der Waals surface area (Å²) in [6.45, 7) is 8.38. The van der Waals surface area contributed by atoms with Gasteiger partial charge in [-0.1, -0.05) is 13.8 Å². The number of hydrogen-bond acceptors (Lipinski definition) is 4. The summed E-state index contributed by atoms with van der Waals surface area (Å²) in [6, 6.07) is 2.20. The quantitative estimate of drug-likeness (QED) is 0.748. The number of carbonyl (C=O) groups is 2. The predicted octanol–water partition coefficient (Wildman–Crippen LogP) is 0.585. The van der Waals surface area contributed by atoms with E-state index in [0.717, 1.165) is 6.54 Å². The summed E-state index contributed by atoms with van der Waals surface area (Å²) in [5.41, 5.74) is 3.74. The standard InChI is InChI=1S/C15H25N4O2/c1-11(2)19(15(9-16)7-8-18-10-15)12(20)5-6-14(3,4)13(17)21/h5,11,18H,6-8,10H2,1-4H3,(H2,17,21). The Balaban J connectivity index is 2.85. The minimum absolute atomic E-state index is 0.0926. The lowest BCUT2D eigenvalue weighted by Crippen LogP contribution is -2.55. The summed E-state index contributed by atoms with van der Waals surface area (Å²) in [6.07, 6.45) is 2.35. The van der Waals surface area contributed by atoms with E-state index in [1.165, 1.54) is 6.42 Å². The van der Waals surface area contributed by atoms with Gasteiger partial charge in [-0.25, -0.2) is 0 Å². The van der Waals surface area contributed by atoms with Crippen molar-refractivity contribution in [3.05, 3.63) is 6.42 Å². The lowest BCUT2D eigenvalue weighted by atomic mass is 9.86. The van der Waals surface area contributed by atoms with Gasteiger partial charge in [0.2, 0.25) is 11.8 Å². The fraction of sp³-hybridized carbons (Fsp3) is 0.733. The maximum atomic E-state index is 12.5. The molecule has 0 bridgehead atoms. The Hall–Kier alpha value is -1.61. The highest BCUT2D eigenvalue weighted by atomic mass is 16.2. The third-order valence-electron chi connectivity index (χ3n) is 4.01. The van der Waals surface area contributed by atoms with Crippen molar-refractivity contribution in [2.45, 2.75) is 52.1 Å². The van der Waals surface area contributed by atoms with Gasteiger partial charge in [-0.3, -0.25) is 9.59 Å². The van der Waals surface area contributed by atoms with Gasteiger partial charge in [0.25, 0.3) is 0 Å². The largest absolute Gasteiger partial charge is 0.369 e. The molecule has 1 fully saturated rings. The van der Waals surface area contributed by atoms with Gasteiger partial charge in [0, 0.05) is 18.0 Å². The first-order chi connectivity index (χ1) is 9.66. The highest BCUT2D eigenvalue weighted by Crippen LogP contribution is 2.28. The van der Waals surface area contributed by atoms with Crippen LogP contribution in [-0.4, -0.2) is 41.4 Å². The second kappa shape index (κ2) is 6.44. The van der Waals surface area contributed by atoms with Crippen molar-refractivity contribution >= 4 is 11.8 Å². The van der Waals surface area contributed by atoms with Gasteiger partial charge in [0.15, 0.2) is 0 Å². The summed E-state index contributed by atoms with van der Waals surface area (Å²) < 4.78 is 0. The third kappa shape index (κ3) is 3.73. The lowest BCUT2D eigenvalue weighted by molar-refractivity contribution is -0.134. The number of hydrogen-bond donors (Lipinski definition) is 2. The molecule has 2 amide bonds. The van der Waals surface area contributed by atoms with Crippen molar-refractivity contribution in [2.24, 2.45) is 11.1 Å². The van der Waals surface area contributed by atoms with Crippen LogP contribution in [0.25, 0.3) is 0 Å². The molecule has 1 radical (unpaired) electrons. The molecule has 3 N–H and O–H groups in total. The Morgan fingerprint density at radius 2 is 2.14 bits per heavy atom. The molecule has 0 saturated carbocycles. The number of carbonyl (C=O) groups excluding carboxylic acids is 2. The first-order valence-corrected chi connectivity index (χ1v) is 7.25. The molecule has 1 saturated heterocycles. The van der Waals surface area contributed by atoms with Gasteiger partial charge >= 0.3 is 0 Å². The zero-order chi connectivity index (χ0) is 16.3. The molecule has 1 aliphatic rings. The van der Waals surface area contributed by atoms with E-state index in [2.05, 4.69) is 11.4 Å². The van der Waals surface area contributed by atoms with Crippen LogP contribution in [0.2, 0.25) is 0 Å². The molecule has 0 aliphatic carbocycles. The number of nitrogens with one attached hydrogen (secondary N) is 1. The molecule has 0 aromatic heterocycles. The highest BCUT2D eigenvalue weighted by Gasteiger charge is 2.44. The average molecular weight is 293 g/mol. The average Bonchev–Trinajstić information content (AvgIpc) is 2.86. The molecule has 1 heterocycles. The van der Waals surface area contributed by atoms with Crippen LogP contribution in [-0.2, 0) is 9.59 Å². The van der Waals surface area contributed by atoms with Gasteiger partial charge < -0.3 is 16.0 Å². The van der Waals surface area contributed by atoms with Crippen LogP contribution in [0.15, 0.2) is 0 Å². The van der Waals surface area contributed by atoms with E-state index in [-0.39, 0.29) is 18.4 Å². The van der Waals surface area contributed by atoms with Gasteiger partial charge in [-0.2, -0.15) is 5.26 Å². The molecule has 1 aliphatic heterocycles. The number of nitrogens with two attached hydrogens (primary N) is 1. The van der Waals surface area contributed by atoms with Crippen LogP contribution in [0.3, 0.4) is 0 Å². The summed E-state index contributed by atoms with van der Waals surface area (Å²) >= 11 is 0. The van der Waals surface area contributed by atoms with Crippen LogP contribution in [0, 0.1) is 23.2 Å². The van der Waals surface area contributed by atoms with Crippen molar-refractivity contribution in [1.29, 1.82) is 5.26 Å². The third-order valence-corrected chi connectivity index (χ3v) is 4.01. The predicted molar refractivity (Wildman–Crippen MR) is 79.7 cm³/mol. The Morgan fingerprint density at radius 1 is 1.52 bits per heavy atom. The molecule has 1 unspecified atom stereocenters. The van der Waals surface area contributed by atoms with E-state index >= 15 is 0 Å². The SMILES string of the molecule is CC(C)N(C(=O)[CH]CC(C)(C)C(N)=O)C1(C#N)CCNC1. The van der Waals surface area contributed by atoms with Gasteiger partial charge in [0.1, 0.15) is 5.54 Å². The highest BCUT2D eigenvalue weighted by molar-refractivity contribution is 5.88. The first kappa shape index (κ1) is 17.4. The normalized spacial score (nSPS) is 22.1. The molecule has 117 valence electrons. The zero-order valence-corrected chi connectivity index (χ0v) is 13.3. The van der Waals surface area contributed by atoms with Crippen LogP contribution >= 0.6 is 0 Å². The van der Waals surface area contributed by atoms with E-state index in [1.807, 2.05) is 13.8 Å². The Kier molecular flexibility index (Phi) is 5.35. The fourth-order valence-electron chi connectivity index (χ4n) is 2.53. The van der Waals surface area contributed by atoms with Crippen molar-refractivity contribution in [3.63, 3.8) is 0 Å². The van der Waals surface area contributed by atoms with E-state index < -0.39 is 16.9 Å². The maximum Gasteiger partial charge on any atom is 0.228 e. The smallest absolute Gasteiger partial charge is 0.228 e. The van der Waals surface area contributed by atoms with E-state index in [4.69, 9.17) is 5.73 Å². The molecule has 21 heavy (non-hydrogen) atoms. The Labute approximate surface area is 126 Å². The number of nitriles is 1. The van der Waals surface area contributed by atoms with Crippen LogP contribution in [0.5, 0.6) is 0 Å². The molecule has 6 nitrogen and oxygen atoms in total. The van der Waals surface area contributed by atoms with Crippen LogP contribution in [0.1, 0.15) is 40.5 Å². The Morgan fingerprint density at radius 3 is 2.52 bits per heavy atom. The van der Waals surface area contributed by atoms with Crippen molar-refractivity contribution in [3.8, 4) is 6.07 Å². The van der Waals surface area contributed by atoms with E-state index in [1.54, 1.807) is 18.7 Å². The van der Waals surface area contributed by atoms with Crippen molar-refractivity contribution < 1.29 is 9.59 Å².